The van der Waals surface area contributed by atoms with Crippen LogP contribution < -0.4 is 11.1 Å². The van der Waals surface area contributed by atoms with Crippen molar-refractivity contribution in [2.45, 2.75) is 18.9 Å². The number of anilines is 2. The molecule has 0 aliphatic heterocycles. The van der Waals surface area contributed by atoms with Crippen LogP contribution in [0.4, 0.5) is 11.4 Å². The zero-order chi connectivity index (χ0) is 10.8. The van der Waals surface area contributed by atoms with Gasteiger partial charge >= 0.3 is 0 Å². The number of hydrogen-bond donors (Lipinski definition) is 3. The lowest BCUT2D eigenvalue weighted by Gasteiger charge is -2.13. The number of hydrogen-bond acceptors (Lipinski definition) is 3. The van der Waals surface area contributed by atoms with Gasteiger partial charge in [-0.25, -0.2) is 0 Å². The van der Waals surface area contributed by atoms with Crippen LogP contribution in [0.15, 0.2) is 18.2 Å². The molecule has 3 nitrogen and oxygen atoms in total. The molecular formula is C11H15ClN2O. The molecular weight excluding hydrogens is 212 g/mol. The number of aliphatic hydroxyl groups is 1. The summed E-state index contributed by atoms with van der Waals surface area (Å²) in [7, 11) is 0. The minimum absolute atomic E-state index is 0.264. The highest BCUT2D eigenvalue weighted by atomic mass is 35.5. The first-order valence-electron chi connectivity index (χ1n) is 5.14. The highest BCUT2D eigenvalue weighted by molar-refractivity contribution is 6.31. The highest BCUT2D eigenvalue weighted by Gasteiger charge is 2.29. The Hall–Kier alpha value is -0.930. The van der Waals surface area contributed by atoms with Gasteiger partial charge in [-0.2, -0.15) is 0 Å². The predicted octanol–water partition coefficient (Wildman–Crippen LogP) is 2.10. The molecule has 1 aromatic carbocycles. The van der Waals surface area contributed by atoms with Gasteiger partial charge in [0.1, 0.15) is 0 Å². The average Bonchev–Trinajstić information content (AvgIpc) is 2.99. The molecule has 0 aromatic heterocycles. The zero-order valence-corrected chi connectivity index (χ0v) is 9.17. The summed E-state index contributed by atoms with van der Waals surface area (Å²) in [4.78, 5) is 0. The number of aliphatic hydroxyl groups excluding tert-OH is 1. The van der Waals surface area contributed by atoms with E-state index in [9.17, 15) is 5.11 Å². The lowest BCUT2D eigenvalue weighted by atomic mass is 10.2. The van der Waals surface area contributed by atoms with E-state index in [0.717, 1.165) is 18.5 Å². The third kappa shape index (κ3) is 2.76. The van der Waals surface area contributed by atoms with Gasteiger partial charge in [0.15, 0.2) is 0 Å². The van der Waals surface area contributed by atoms with Crippen LogP contribution in [0.2, 0.25) is 5.02 Å². The molecule has 82 valence electrons. The van der Waals surface area contributed by atoms with E-state index in [1.807, 2.05) is 6.07 Å². The lowest BCUT2D eigenvalue weighted by Crippen LogP contribution is -2.21. The third-order valence-electron chi connectivity index (χ3n) is 2.68. The fraction of sp³-hybridized carbons (Fsp3) is 0.455. The van der Waals surface area contributed by atoms with Crippen LogP contribution >= 0.6 is 11.6 Å². The van der Waals surface area contributed by atoms with Crippen LogP contribution in [0.5, 0.6) is 0 Å². The van der Waals surface area contributed by atoms with E-state index in [0.29, 0.717) is 23.2 Å². The van der Waals surface area contributed by atoms with Gasteiger partial charge in [-0.05, 0) is 37.0 Å². The molecule has 4 heteroatoms. The van der Waals surface area contributed by atoms with Crippen molar-refractivity contribution in [3.63, 3.8) is 0 Å². The molecule has 1 aliphatic rings. The maximum absolute atomic E-state index is 9.67. The topological polar surface area (TPSA) is 58.3 Å². The van der Waals surface area contributed by atoms with E-state index in [1.165, 1.54) is 0 Å². The van der Waals surface area contributed by atoms with E-state index in [4.69, 9.17) is 17.3 Å². The van der Waals surface area contributed by atoms with Gasteiger partial charge in [-0.1, -0.05) is 11.6 Å². The van der Waals surface area contributed by atoms with Gasteiger partial charge in [-0.15, -0.1) is 0 Å². The first-order chi connectivity index (χ1) is 7.16. The number of nitrogens with one attached hydrogen (secondary N) is 1. The van der Waals surface area contributed by atoms with E-state index >= 15 is 0 Å². The molecule has 0 spiro atoms. The molecule has 0 radical (unpaired) electrons. The van der Waals surface area contributed by atoms with Crippen molar-refractivity contribution in [3.8, 4) is 0 Å². The van der Waals surface area contributed by atoms with Crippen molar-refractivity contribution >= 4 is 23.0 Å². The lowest BCUT2D eigenvalue weighted by molar-refractivity contribution is 0.164. The van der Waals surface area contributed by atoms with Crippen molar-refractivity contribution in [1.82, 2.24) is 0 Å². The van der Waals surface area contributed by atoms with Crippen molar-refractivity contribution in [3.05, 3.63) is 23.2 Å². The fourth-order valence-corrected chi connectivity index (χ4v) is 1.74. The zero-order valence-electron chi connectivity index (χ0n) is 8.41. The van der Waals surface area contributed by atoms with Gasteiger partial charge in [0.25, 0.3) is 0 Å². The summed E-state index contributed by atoms with van der Waals surface area (Å²) in [5.41, 5.74) is 7.22. The molecule has 1 aliphatic carbocycles. The molecule has 1 saturated carbocycles. The number of nitrogen functional groups attached to an aromatic ring is 1. The molecule has 1 unspecified atom stereocenters. The Morgan fingerprint density at radius 2 is 2.27 bits per heavy atom. The fourth-order valence-electron chi connectivity index (χ4n) is 1.56. The number of benzene rings is 1. The Morgan fingerprint density at radius 1 is 1.53 bits per heavy atom. The van der Waals surface area contributed by atoms with Crippen LogP contribution in [0.1, 0.15) is 12.8 Å². The number of nitrogens with two attached hydrogens (primary N) is 1. The first-order valence-corrected chi connectivity index (χ1v) is 5.51. The second-order valence-corrected chi connectivity index (χ2v) is 4.45. The van der Waals surface area contributed by atoms with Crippen molar-refractivity contribution < 1.29 is 5.11 Å². The van der Waals surface area contributed by atoms with Crippen LogP contribution in [0.3, 0.4) is 0 Å². The Kier molecular flexibility index (Phi) is 3.03. The minimum atomic E-state index is -0.264. The number of rotatable bonds is 4. The third-order valence-corrected chi connectivity index (χ3v) is 2.92. The summed E-state index contributed by atoms with van der Waals surface area (Å²) < 4.78 is 0. The molecule has 2 rings (SSSR count). The number of halogens is 1. The molecule has 0 bridgehead atoms. The van der Waals surface area contributed by atoms with Gasteiger partial charge in [0, 0.05) is 11.6 Å². The molecule has 1 fully saturated rings. The van der Waals surface area contributed by atoms with Crippen LogP contribution in [0, 0.1) is 5.92 Å². The maximum atomic E-state index is 9.67. The second-order valence-electron chi connectivity index (χ2n) is 4.02. The Bertz CT molecular complexity index is 352. The Balaban J connectivity index is 1.92. The summed E-state index contributed by atoms with van der Waals surface area (Å²) >= 11 is 5.78. The molecule has 1 atom stereocenters. The van der Waals surface area contributed by atoms with E-state index in [-0.39, 0.29) is 6.10 Å². The van der Waals surface area contributed by atoms with E-state index < -0.39 is 0 Å². The highest BCUT2D eigenvalue weighted by Crippen LogP contribution is 2.33. The summed E-state index contributed by atoms with van der Waals surface area (Å²) in [6, 6.07) is 5.31. The van der Waals surface area contributed by atoms with Crippen molar-refractivity contribution in [2.75, 3.05) is 17.6 Å². The van der Waals surface area contributed by atoms with Gasteiger partial charge in [-0.3, -0.25) is 0 Å². The molecule has 0 heterocycles. The average molecular weight is 227 g/mol. The predicted molar refractivity (Wildman–Crippen MR) is 63.1 cm³/mol. The normalized spacial score (nSPS) is 17.5. The molecule has 0 saturated heterocycles. The summed E-state index contributed by atoms with van der Waals surface area (Å²) in [5, 5.41) is 13.4. The maximum Gasteiger partial charge on any atom is 0.0740 e. The molecule has 0 amide bonds. The smallest absolute Gasteiger partial charge is 0.0740 e. The summed E-state index contributed by atoms with van der Waals surface area (Å²) in [6.07, 6.45) is 2.01. The van der Waals surface area contributed by atoms with Gasteiger partial charge in [0.05, 0.1) is 17.5 Å². The van der Waals surface area contributed by atoms with E-state index in [2.05, 4.69) is 5.32 Å². The van der Waals surface area contributed by atoms with Crippen LogP contribution in [-0.2, 0) is 0 Å². The largest absolute Gasteiger partial charge is 0.397 e. The summed E-state index contributed by atoms with van der Waals surface area (Å²) in [6.45, 7) is 0.552. The van der Waals surface area contributed by atoms with Crippen molar-refractivity contribution in [2.24, 2.45) is 5.92 Å². The van der Waals surface area contributed by atoms with Gasteiger partial charge < -0.3 is 16.2 Å². The van der Waals surface area contributed by atoms with Crippen molar-refractivity contribution in [1.29, 1.82) is 0 Å². The standard InChI is InChI=1S/C11H15ClN2O/c12-8-3-4-10(9(13)5-8)14-6-11(15)7-1-2-7/h3-5,7,11,14-15H,1-2,6,13H2. The van der Waals surface area contributed by atoms with E-state index in [1.54, 1.807) is 12.1 Å². The van der Waals surface area contributed by atoms with Crippen LogP contribution in [-0.4, -0.2) is 17.8 Å². The first kappa shape index (κ1) is 10.6. The quantitative estimate of drug-likeness (QED) is 0.690. The Morgan fingerprint density at radius 3 is 2.87 bits per heavy atom. The van der Waals surface area contributed by atoms with Gasteiger partial charge in [0.2, 0.25) is 0 Å². The second kappa shape index (κ2) is 4.29. The Labute approximate surface area is 94.2 Å². The SMILES string of the molecule is Nc1cc(Cl)ccc1NCC(O)C1CC1. The molecule has 4 N–H and O–H groups in total. The minimum Gasteiger partial charge on any atom is -0.397 e. The molecule has 1 aromatic rings. The molecule has 15 heavy (non-hydrogen) atoms. The monoisotopic (exact) mass is 226 g/mol. The summed E-state index contributed by atoms with van der Waals surface area (Å²) in [5.74, 6) is 0.478. The van der Waals surface area contributed by atoms with Crippen LogP contribution in [0.25, 0.3) is 0 Å².